The van der Waals surface area contributed by atoms with Crippen LogP contribution < -0.4 is 9.47 Å². The van der Waals surface area contributed by atoms with Crippen molar-refractivity contribution in [3.8, 4) is 11.5 Å². The molecule has 1 aromatic carbocycles. The lowest BCUT2D eigenvalue weighted by Gasteiger charge is -2.27. The predicted octanol–water partition coefficient (Wildman–Crippen LogP) is 2.99. The molecule has 0 spiro atoms. The summed E-state index contributed by atoms with van der Waals surface area (Å²) >= 11 is 0. The number of rotatable bonds is 4. The number of hydrogen-bond acceptors (Lipinski definition) is 3. The zero-order valence-corrected chi connectivity index (χ0v) is 11.3. The van der Waals surface area contributed by atoms with Crippen LogP contribution >= 0.6 is 0 Å². The summed E-state index contributed by atoms with van der Waals surface area (Å²) in [6.45, 7) is 3.19. The first-order valence-corrected chi connectivity index (χ1v) is 5.62. The molecule has 0 aliphatic carbocycles. The molecule has 1 rings (SSSR count). The molecule has 0 fully saturated rings. The number of aliphatic hydroxyl groups excluding tert-OH is 1. The first kappa shape index (κ1) is 15.6. The van der Waals surface area contributed by atoms with E-state index in [1.54, 1.807) is 13.8 Å². The summed E-state index contributed by atoms with van der Waals surface area (Å²) < 4.78 is 48.5. The van der Waals surface area contributed by atoms with Crippen molar-refractivity contribution in [2.75, 3.05) is 20.8 Å². The Labute approximate surface area is 110 Å². The Morgan fingerprint density at radius 3 is 1.79 bits per heavy atom. The molecule has 1 aromatic rings. The largest absolute Gasteiger partial charge is 0.493 e. The minimum atomic E-state index is -4.53. The Morgan fingerprint density at radius 2 is 1.42 bits per heavy atom. The molecule has 3 nitrogen and oxygen atoms in total. The van der Waals surface area contributed by atoms with Gasteiger partial charge in [0.25, 0.3) is 0 Å². The smallest absolute Gasteiger partial charge is 0.420 e. The molecule has 0 amide bonds. The van der Waals surface area contributed by atoms with Crippen LogP contribution in [0.15, 0.2) is 12.1 Å². The summed E-state index contributed by atoms with van der Waals surface area (Å²) in [6, 6.07) is 2.24. The molecule has 0 aliphatic heterocycles. The number of hydrogen-bond donors (Lipinski definition) is 1. The van der Waals surface area contributed by atoms with Crippen LogP contribution in [0.1, 0.15) is 25.0 Å². The van der Waals surface area contributed by atoms with Crippen LogP contribution in [0.25, 0.3) is 0 Å². The fourth-order valence-electron chi connectivity index (χ4n) is 1.81. The number of alkyl halides is 3. The van der Waals surface area contributed by atoms with Crippen molar-refractivity contribution in [1.82, 2.24) is 0 Å². The number of methoxy groups -OCH3 is 2. The first-order valence-electron chi connectivity index (χ1n) is 5.62. The third-order valence-electron chi connectivity index (χ3n) is 2.95. The van der Waals surface area contributed by atoms with E-state index in [1.165, 1.54) is 13.2 Å². The predicted molar refractivity (Wildman–Crippen MR) is 64.7 cm³/mol. The third kappa shape index (κ3) is 2.94. The van der Waals surface area contributed by atoms with Crippen LogP contribution in [0.4, 0.5) is 13.2 Å². The van der Waals surface area contributed by atoms with Gasteiger partial charge in [0.2, 0.25) is 0 Å². The zero-order chi connectivity index (χ0) is 14.8. The van der Waals surface area contributed by atoms with Crippen LogP contribution in [0.5, 0.6) is 11.5 Å². The summed E-state index contributed by atoms with van der Waals surface area (Å²) in [7, 11) is 2.43. The highest BCUT2D eigenvalue weighted by molar-refractivity contribution is 5.55. The van der Waals surface area contributed by atoms with Crippen LogP contribution in [0.2, 0.25) is 0 Å². The summed E-state index contributed by atoms with van der Waals surface area (Å²) in [5.74, 6) is -0.370. The van der Waals surface area contributed by atoms with Crippen LogP contribution in [-0.2, 0) is 11.6 Å². The van der Waals surface area contributed by atoms with E-state index in [-0.39, 0.29) is 18.1 Å². The van der Waals surface area contributed by atoms with Gasteiger partial charge in [-0.25, -0.2) is 0 Å². The second-order valence-electron chi connectivity index (χ2n) is 4.77. The average molecular weight is 278 g/mol. The molecule has 0 aliphatic rings. The van der Waals surface area contributed by atoms with Gasteiger partial charge in [-0.1, -0.05) is 19.9 Å². The van der Waals surface area contributed by atoms with E-state index in [9.17, 15) is 18.3 Å². The third-order valence-corrected chi connectivity index (χ3v) is 2.95. The van der Waals surface area contributed by atoms with Gasteiger partial charge in [0.15, 0.2) is 11.5 Å². The number of benzene rings is 1. The summed E-state index contributed by atoms with van der Waals surface area (Å²) in [6.07, 6.45) is -4.53. The normalized spacial score (nSPS) is 12.4. The molecule has 0 heterocycles. The molecule has 0 radical (unpaired) electrons. The molecular formula is C13H17F3O3. The fourth-order valence-corrected chi connectivity index (χ4v) is 1.81. The van der Waals surface area contributed by atoms with E-state index >= 15 is 0 Å². The average Bonchev–Trinajstić information content (AvgIpc) is 2.35. The maximum absolute atomic E-state index is 12.9. The lowest BCUT2D eigenvalue weighted by atomic mass is 9.84. The molecule has 0 bridgehead atoms. The Balaban J connectivity index is 3.57. The van der Waals surface area contributed by atoms with Crippen molar-refractivity contribution in [2.45, 2.75) is 25.4 Å². The zero-order valence-electron chi connectivity index (χ0n) is 11.3. The van der Waals surface area contributed by atoms with Crippen LogP contribution in [0, 0.1) is 0 Å². The monoisotopic (exact) mass is 278 g/mol. The van der Waals surface area contributed by atoms with Gasteiger partial charge < -0.3 is 14.6 Å². The van der Waals surface area contributed by atoms with Crippen molar-refractivity contribution in [1.29, 1.82) is 0 Å². The molecule has 19 heavy (non-hydrogen) atoms. The summed E-state index contributed by atoms with van der Waals surface area (Å²) in [5.41, 5.74) is -1.17. The minimum absolute atomic E-state index is 0.00336. The molecule has 6 heteroatoms. The van der Waals surface area contributed by atoms with Gasteiger partial charge in [0.1, 0.15) is 5.56 Å². The van der Waals surface area contributed by atoms with Crippen LogP contribution in [0.3, 0.4) is 0 Å². The van der Waals surface area contributed by atoms with Crippen LogP contribution in [-0.4, -0.2) is 25.9 Å². The van der Waals surface area contributed by atoms with Crippen molar-refractivity contribution in [3.63, 3.8) is 0 Å². The van der Waals surface area contributed by atoms with Gasteiger partial charge in [-0.15, -0.1) is 0 Å². The number of aliphatic hydroxyl groups is 1. The molecule has 0 saturated carbocycles. The Bertz CT molecular complexity index is 453. The van der Waals surface area contributed by atoms with Crippen molar-refractivity contribution in [3.05, 3.63) is 23.3 Å². The lowest BCUT2D eigenvalue weighted by molar-refractivity contribution is -0.138. The molecule has 0 atom stereocenters. The van der Waals surface area contributed by atoms with Crippen molar-refractivity contribution in [2.24, 2.45) is 0 Å². The Kier molecular flexibility index (Phi) is 4.35. The highest BCUT2D eigenvalue weighted by Gasteiger charge is 2.38. The quantitative estimate of drug-likeness (QED) is 0.920. The van der Waals surface area contributed by atoms with Gasteiger partial charge in [-0.3, -0.25) is 0 Å². The summed E-state index contributed by atoms with van der Waals surface area (Å²) in [4.78, 5) is 0. The van der Waals surface area contributed by atoms with E-state index < -0.39 is 17.2 Å². The van der Waals surface area contributed by atoms with Gasteiger partial charge in [-0.2, -0.15) is 13.2 Å². The molecule has 108 valence electrons. The van der Waals surface area contributed by atoms with E-state index in [4.69, 9.17) is 9.47 Å². The SMILES string of the molecule is COc1c(C(F)(F)F)ccc(C(C)(C)CO)c1OC. The van der Waals surface area contributed by atoms with E-state index in [0.717, 1.165) is 13.2 Å². The van der Waals surface area contributed by atoms with E-state index in [2.05, 4.69) is 0 Å². The topological polar surface area (TPSA) is 38.7 Å². The second-order valence-corrected chi connectivity index (χ2v) is 4.77. The molecule has 0 aromatic heterocycles. The Hall–Kier alpha value is -1.43. The maximum atomic E-state index is 12.9. The lowest BCUT2D eigenvalue weighted by Crippen LogP contribution is -2.24. The minimum Gasteiger partial charge on any atom is -0.493 e. The van der Waals surface area contributed by atoms with Gasteiger partial charge >= 0.3 is 6.18 Å². The molecule has 1 N–H and O–H groups in total. The standard InChI is InChI=1S/C13H17F3O3/c1-12(2,7-17)8-5-6-9(13(14,15)16)11(19-4)10(8)18-3/h5-6,17H,7H2,1-4H3. The Morgan fingerprint density at radius 1 is 1.00 bits per heavy atom. The van der Waals surface area contributed by atoms with Gasteiger partial charge in [0.05, 0.1) is 20.8 Å². The maximum Gasteiger partial charge on any atom is 0.420 e. The second kappa shape index (κ2) is 5.28. The molecule has 0 unspecified atom stereocenters. The van der Waals surface area contributed by atoms with Crippen molar-refractivity contribution < 1.29 is 27.8 Å². The molecular weight excluding hydrogens is 261 g/mol. The van der Waals surface area contributed by atoms with Gasteiger partial charge in [0, 0.05) is 11.0 Å². The van der Waals surface area contributed by atoms with E-state index in [1.807, 2.05) is 0 Å². The van der Waals surface area contributed by atoms with E-state index in [0.29, 0.717) is 5.56 Å². The number of halogens is 3. The first-order chi connectivity index (χ1) is 8.69. The van der Waals surface area contributed by atoms with Gasteiger partial charge in [-0.05, 0) is 6.07 Å². The fraction of sp³-hybridized carbons (Fsp3) is 0.538. The molecule has 0 saturated heterocycles. The van der Waals surface area contributed by atoms with Crippen molar-refractivity contribution >= 4 is 0 Å². The highest BCUT2D eigenvalue weighted by Crippen LogP contribution is 2.46. The highest BCUT2D eigenvalue weighted by atomic mass is 19.4. The summed E-state index contributed by atoms with van der Waals surface area (Å²) in [5, 5.41) is 9.34. The number of ether oxygens (including phenoxy) is 2.